The lowest BCUT2D eigenvalue weighted by Gasteiger charge is -2.37. The fourth-order valence-electron chi connectivity index (χ4n) is 3.67. The first-order valence-corrected chi connectivity index (χ1v) is 8.37. The molecule has 2 aromatic rings. The molecular weight excluding hydrogens is 328 g/mol. The zero-order chi connectivity index (χ0) is 16.7. The molecule has 124 valence electrons. The summed E-state index contributed by atoms with van der Waals surface area (Å²) in [5, 5.41) is 9.85. The van der Waals surface area contributed by atoms with E-state index in [0.29, 0.717) is 23.8 Å². The fourth-order valence-corrected chi connectivity index (χ4v) is 3.83. The van der Waals surface area contributed by atoms with Crippen molar-refractivity contribution in [1.82, 2.24) is 0 Å². The van der Waals surface area contributed by atoms with Gasteiger partial charge in [0.1, 0.15) is 11.5 Å². The van der Waals surface area contributed by atoms with Crippen LogP contribution in [0.25, 0.3) is 0 Å². The molecule has 4 rings (SSSR count). The first-order chi connectivity index (χ1) is 11.6. The molecule has 0 fully saturated rings. The molecule has 1 spiro atoms. The van der Waals surface area contributed by atoms with Crippen LogP contribution < -0.4 is 9.47 Å². The molecule has 0 saturated carbocycles. The van der Waals surface area contributed by atoms with E-state index in [9.17, 15) is 9.90 Å². The van der Waals surface area contributed by atoms with Gasteiger partial charge in [-0.25, -0.2) is 4.79 Å². The van der Waals surface area contributed by atoms with Crippen LogP contribution in [0.4, 0.5) is 0 Å². The van der Waals surface area contributed by atoms with Crippen LogP contribution in [-0.4, -0.2) is 24.3 Å². The van der Waals surface area contributed by atoms with Gasteiger partial charge in [0.15, 0.2) is 0 Å². The summed E-state index contributed by atoms with van der Waals surface area (Å²) in [6.45, 7) is 1.19. The third-order valence-electron chi connectivity index (χ3n) is 5.04. The van der Waals surface area contributed by atoms with E-state index in [2.05, 4.69) is 0 Å². The number of hydrogen-bond acceptors (Lipinski definition) is 3. The zero-order valence-corrected chi connectivity index (χ0v) is 13.8. The lowest BCUT2D eigenvalue weighted by molar-refractivity contribution is 0.0696. The monoisotopic (exact) mass is 344 g/mol. The van der Waals surface area contributed by atoms with E-state index >= 15 is 0 Å². The smallest absolute Gasteiger partial charge is 0.335 e. The molecule has 0 amide bonds. The van der Waals surface area contributed by atoms with Gasteiger partial charge >= 0.3 is 5.97 Å². The van der Waals surface area contributed by atoms with Crippen molar-refractivity contribution in [3.8, 4) is 11.5 Å². The van der Waals surface area contributed by atoms with Gasteiger partial charge in [-0.05, 0) is 55.2 Å². The Labute approximate surface area is 145 Å². The standard InChI is InChI=1S/C19H17ClO4/c20-14-2-3-15-17(10-14)23-8-7-19(15)6-5-12-9-13(18(21)22)1-4-16(12)24-11-19/h1-4,9-10H,5-8,11H2,(H,21,22)/t19-/m1/s1. The molecule has 0 radical (unpaired) electrons. The number of fused-ring (bicyclic) bond motifs is 3. The van der Waals surface area contributed by atoms with Gasteiger partial charge in [0.2, 0.25) is 0 Å². The maximum absolute atomic E-state index is 11.2. The van der Waals surface area contributed by atoms with Crippen LogP contribution in [0.15, 0.2) is 36.4 Å². The molecule has 4 nitrogen and oxygen atoms in total. The average Bonchev–Trinajstić information content (AvgIpc) is 2.75. The highest BCUT2D eigenvalue weighted by Crippen LogP contribution is 2.45. The topological polar surface area (TPSA) is 55.8 Å². The first kappa shape index (κ1) is 15.3. The van der Waals surface area contributed by atoms with E-state index in [4.69, 9.17) is 21.1 Å². The van der Waals surface area contributed by atoms with E-state index in [0.717, 1.165) is 41.9 Å². The van der Waals surface area contributed by atoms with Gasteiger partial charge < -0.3 is 14.6 Å². The van der Waals surface area contributed by atoms with E-state index in [1.807, 2.05) is 18.2 Å². The predicted molar refractivity (Wildman–Crippen MR) is 90.5 cm³/mol. The van der Waals surface area contributed by atoms with E-state index < -0.39 is 5.97 Å². The van der Waals surface area contributed by atoms with Crippen LogP contribution in [0, 0.1) is 0 Å². The lowest BCUT2D eigenvalue weighted by atomic mass is 9.73. The highest BCUT2D eigenvalue weighted by Gasteiger charge is 2.40. The number of aryl methyl sites for hydroxylation is 1. The third-order valence-corrected chi connectivity index (χ3v) is 5.27. The molecule has 0 aromatic heterocycles. The van der Waals surface area contributed by atoms with Crippen LogP contribution in [0.3, 0.4) is 0 Å². The SMILES string of the molecule is O=C(O)c1ccc2c(c1)CC[C@@]1(CCOc3cc(Cl)ccc31)CO2. The lowest BCUT2D eigenvalue weighted by Crippen LogP contribution is -2.38. The summed E-state index contributed by atoms with van der Waals surface area (Å²) in [7, 11) is 0. The van der Waals surface area contributed by atoms with Crippen molar-refractivity contribution in [3.63, 3.8) is 0 Å². The van der Waals surface area contributed by atoms with Crippen molar-refractivity contribution in [2.45, 2.75) is 24.7 Å². The minimum absolute atomic E-state index is 0.124. The number of halogens is 1. The van der Waals surface area contributed by atoms with Crippen LogP contribution >= 0.6 is 11.6 Å². The molecule has 2 aromatic carbocycles. The number of hydrogen-bond donors (Lipinski definition) is 1. The molecule has 24 heavy (non-hydrogen) atoms. The predicted octanol–water partition coefficient (Wildman–Crippen LogP) is 4.08. The summed E-state index contributed by atoms with van der Waals surface area (Å²) in [5.74, 6) is 0.691. The molecule has 2 aliphatic rings. The first-order valence-electron chi connectivity index (χ1n) is 7.99. The van der Waals surface area contributed by atoms with Crippen molar-refractivity contribution >= 4 is 17.6 Å². The maximum Gasteiger partial charge on any atom is 0.335 e. The van der Waals surface area contributed by atoms with Crippen molar-refractivity contribution in [2.24, 2.45) is 0 Å². The van der Waals surface area contributed by atoms with Gasteiger partial charge in [-0.3, -0.25) is 0 Å². The molecule has 0 saturated heterocycles. The largest absolute Gasteiger partial charge is 0.493 e. The Balaban J connectivity index is 1.70. The molecule has 0 aliphatic carbocycles. The number of ether oxygens (including phenoxy) is 2. The Morgan fingerprint density at radius 3 is 2.79 bits per heavy atom. The van der Waals surface area contributed by atoms with Crippen molar-refractivity contribution in [3.05, 3.63) is 58.1 Å². The highest BCUT2D eigenvalue weighted by atomic mass is 35.5. The van der Waals surface area contributed by atoms with Gasteiger partial charge in [0.25, 0.3) is 0 Å². The number of carbonyl (C=O) groups is 1. The molecule has 0 unspecified atom stereocenters. The van der Waals surface area contributed by atoms with E-state index in [-0.39, 0.29) is 5.41 Å². The second-order valence-electron chi connectivity index (χ2n) is 6.44. The maximum atomic E-state index is 11.2. The minimum atomic E-state index is -0.914. The zero-order valence-electron chi connectivity index (χ0n) is 13.0. The summed E-state index contributed by atoms with van der Waals surface area (Å²) >= 11 is 6.09. The summed E-state index contributed by atoms with van der Waals surface area (Å²) in [4.78, 5) is 11.2. The molecule has 5 heteroatoms. The van der Waals surface area contributed by atoms with Crippen LogP contribution in [0.2, 0.25) is 5.02 Å². The van der Waals surface area contributed by atoms with E-state index in [1.54, 1.807) is 18.2 Å². The molecule has 1 atom stereocenters. The Bertz CT molecular complexity index is 817. The molecule has 0 bridgehead atoms. The quantitative estimate of drug-likeness (QED) is 0.846. The average molecular weight is 345 g/mol. The second kappa shape index (κ2) is 5.71. The summed E-state index contributed by atoms with van der Waals surface area (Å²) in [6, 6.07) is 10.9. The van der Waals surface area contributed by atoms with Crippen molar-refractivity contribution in [1.29, 1.82) is 0 Å². The van der Waals surface area contributed by atoms with Crippen LogP contribution in [-0.2, 0) is 11.8 Å². The molecule has 1 N–H and O–H groups in total. The Morgan fingerprint density at radius 1 is 1.08 bits per heavy atom. The van der Waals surface area contributed by atoms with Gasteiger partial charge in [-0.15, -0.1) is 0 Å². The van der Waals surface area contributed by atoms with E-state index in [1.165, 1.54) is 0 Å². The van der Waals surface area contributed by atoms with Gasteiger partial charge in [0.05, 0.1) is 18.8 Å². The van der Waals surface area contributed by atoms with Crippen LogP contribution in [0.5, 0.6) is 11.5 Å². The summed E-state index contributed by atoms with van der Waals surface area (Å²) in [5.41, 5.74) is 2.26. The number of carboxylic acids is 1. The Morgan fingerprint density at radius 2 is 1.96 bits per heavy atom. The summed E-state index contributed by atoms with van der Waals surface area (Å²) in [6.07, 6.45) is 2.54. The van der Waals surface area contributed by atoms with Crippen molar-refractivity contribution in [2.75, 3.05) is 13.2 Å². The normalized spacial score (nSPS) is 21.9. The highest BCUT2D eigenvalue weighted by molar-refractivity contribution is 6.30. The van der Waals surface area contributed by atoms with Gasteiger partial charge in [-0.2, -0.15) is 0 Å². The van der Waals surface area contributed by atoms with Gasteiger partial charge in [0, 0.05) is 16.0 Å². The Kier molecular flexibility index (Phi) is 3.65. The minimum Gasteiger partial charge on any atom is -0.493 e. The number of aromatic carboxylic acids is 1. The Hall–Kier alpha value is -2.20. The molecule has 2 heterocycles. The second-order valence-corrected chi connectivity index (χ2v) is 6.87. The fraction of sp³-hybridized carbons (Fsp3) is 0.316. The number of rotatable bonds is 1. The molecule has 2 aliphatic heterocycles. The van der Waals surface area contributed by atoms with Crippen LogP contribution in [0.1, 0.15) is 34.3 Å². The van der Waals surface area contributed by atoms with Gasteiger partial charge in [-0.1, -0.05) is 17.7 Å². The number of carboxylic acid groups (broad SMARTS) is 1. The number of benzene rings is 2. The molecular formula is C19H17ClO4. The summed E-state index contributed by atoms with van der Waals surface area (Å²) < 4.78 is 11.9. The van der Waals surface area contributed by atoms with Crippen molar-refractivity contribution < 1.29 is 19.4 Å². The third kappa shape index (κ3) is 2.51.